The molecule has 0 spiro atoms. The Kier molecular flexibility index (Phi) is 16.2. The van der Waals surface area contributed by atoms with Crippen LogP contribution < -0.4 is 0 Å². The Morgan fingerprint density at radius 1 is 0.926 bits per heavy atom. The second kappa shape index (κ2) is 16.5. The summed E-state index contributed by atoms with van der Waals surface area (Å²) >= 11 is 0. The van der Waals surface area contributed by atoms with Crippen molar-refractivity contribution >= 4 is 0 Å². The minimum atomic E-state index is -1.12. The summed E-state index contributed by atoms with van der Waals surface area (Å²) < 4.78 is 28.9. The van der Waals surface area contributed by atoms with E-state index in [1.54, 1.807) is 0 Å². The van der Waals surface area contributed by atoms with E-state index in [0.717, 1.165) is 12.8 Å². The highest BCUT2D eigenvalue weighted by molar-refractivity contribution is 4.79. The van der Waals surface area contributed by atoms with E-state index in [9.17, 15) is 0 Å². The van der Waals surface area contributed by atoms with Gasteiger partial charge >= 0.3 is 5.97 Å². The normalized spacial score (nSPS) is 17.2. The van der Waals surface area contributed by atoms with Crippen molar-refractivity contribution in [1.82, 2.24) is 0 Å². The van der Waals surface area contributed by atoms with Crippen LogP contribution in [-0.4, -0.2) is 44.8 Å². The highest BCUT2D eigenvalue weighted by Gasteiger charge is 2.46. The van der Waals surface area contributed by atoms with Gasteiger partial charge in [-0.2, -0.15) is 0 Å². The third kappa shape index (κ3) is 13.4. The number of epoxide rings is 1. The van der Waals surface area contributed by atoms with E-state index in [1.807, 2.05) is 34.6 Å². The molecule has 162 valence electrons. The molecule has 2 unspecified atom stereocenters. The van der Waals surface area contributed by atoms with Gasteiger partial charge in [0.15, 0.2) is 6.29 Å². The zero-order valence-corrected chi connectivity index (χ0v) is 18.7. The molecule has 1 fully saturated rings. The van der Waals surface area contributed by atoms with Gasteiger partial charge in [-0.1, -0.05) is 51.0 Å². The van der Waals surface area contributed by atoms with E-state index < -0.39 is 5.97 Å². The molecule has 0 N–H and O–H groups in total. The van der Waals surface area contributed by atoms with Gasteiger partial charge < -0.3 is 23.7 Å². The van der Waals surface area contributed by atoms with E-state index in [2.05, 4.69) is 13.5 Å². The van der Waals surface area contributed by atoms with Gasteiger partial charge in [-0.3, -0.25) is 0 Å². The number of allylic oxidation sites excluding steroid dienone is 1. The molecule has 1 aliphatic rings. The molecule has 5 heteroatoms. The molecule has 0 amide bonds. The van der Waals surface area contributed by atoms with Crippen molar-refractivity contribution in [2.24, 2.45) is 0 Å². The van der Waals surface area contributed by atoms with Crippen LogP contribution in [0.15, 0.2) is 12.2 Å². The molecule has 1 saturated heterocycles. The lowest BCUT2D eigenvalue weighted by atomic mass is 10.1. The molecule has 1 rings (SSSR count). The Morgan fingerprint density at radius 3 is 1.78 bits per heavy atom. The average Bonchev–Trinajstić information content (AvgIpc) is 3.41. The summed E-state index contributed by atoms with van der Waals surface area (Å²) in [6.45, 7) is 17.8. The lowest BCUT2D eigenvalue weighted by Gasteiger charge is -2.38. The lowest BCUT2D eigenvalue weighted by Crippen LogP contribution is -2.51. The van der Waals surface area contributed by atoms with Crippen LogP contribution in [0.25, 0.3) is 0 Å². The molecule has 5 nitrogen and oxygen atoms in total. The van der Waals surface area contributed by atoms with Crippen molar-refractivity contribution in [2.75, 3.05) is 26.4 Å². The first-order valence-corrected chi connectivity index (χ1v) is 10.8. The Balaban J connectivity index is 0.00000153. The fraction of sp³-hybridized carbons (Fsp3) is 0.909. The van der Waals surface area contributed by atoms with Gasteiger partial charge in [0.2, 0.25) is 0 Å². The van der Waals surface area contributed by atoms with Gasteiger partial charge in [-0.15, -0.1) is 6.58 Å². The van der Waals surface area contributed by atoms with Crippen LogP contribution in [-0.2, 0) is 23.7 Å². The van der Waals surface area contributed by atoms with Gasteiger partial charge in [-0.05, 0) is 41.0 Å². The number of ether oxygens (including phenoxy) is 5. The third-order valence-corrected chi connectivity index (χ3v) is 3.87. The van der Waals surface area contributed by atoms with Gasteiger partial charge in [0.05, 0.1) is 0 Å². The Hall–Kier alpha value is -0.460. The largest absolute Gasteiger partial charge is 0.345 e. The first kappa shape index (κ1) is 26.5. The van der Waals surface area contributed by atoms with Crippen LogP contribution >= 0.6 is 0 Å². The molecular weight excluding hydrogens is 344 g/mol. The maximum atomic E-state index is 6.02. The maximum absolute atomic E-state index is 6.02. The van der Waals surface area contributed by atoms with Crippen molar-refractivity contribution in [3.63, 3.8) is 0 Å². The highest BCUT2D eigenvalue weighted by atomic mass is 16.9. The predicted octanol–water partition coefficient (Wildman–Crippen LogP) is 5.82. The zero-order chi connectivity index (χ0) is 20.5. The number of unbranched alkanes of at least 4 members (excludes halogenated alkanes) is 5. The Bertz CT molecular complexity index is 334. The Labute approximate surface area is 167 Å². The molecule has 0 bridgehead atoms. The SMILES string of the molecule is C=C(C)C.CCCCCCCCC(OC1CO1)C(OCC)(OCC)OCC. The van der Waals surface area contributed by atoms with Gasteiger partial charge in [0.1, 0.15) is 12.7 Å². The quantitative estimate of drug-likeness (QED) is 0.144. The lowest BCUT2D eigenvalue weighted by molar-refractivity contribution is -0.418. The van der Waals surface area contributed by atoms with Crippen LogP contribution in [0.3, 0.4) is 0 Å². The van der Waals surface area contributed by atoms with Gasteiger partial charge in [-0.25, -0.2) is 0 Å². The molecule has 1 aliphatic heterocycles. The molecule has 2 atom stereocenters. The van der Waals surface area contributed by atoms with Crippen molar-refractivity contribution in [3.8, 4) is 0 Å². The van der Waals surface area contributed by atoms with E-state index in [1.165, 1.54) is 37.7 Å². The second-order valence-electron chi connectivity index (χ2n) is 7.05. The van der Waals surface area contributed by atoms with E-state index in [4.69, 9.17) is 23.7 Å². The number of hydrogen-bond donors (Lipinski definition) is 0. The smallest absolute Gasteiger partial charge is 0.310 e. The van der Waals surface area contributed by atoms with Crippen molar-refractivity contribution in [1.29, 1.82) is 0 Å². The van der Waals surface area contributed by atoms with Crippen LogP contribution in [0.5, 0.6) is 0 Å². The van der Waals surface area contributed by atoms with E-state index in [-0.39, 0.29) is 12.4 Å². The Morgan fingerprint density at radius 2 is 1.37 bits per heavy atom. The molecule has 27 heavy (non-hydrogen) atoms. The summed E-state index contributed by atoms with van der Waals surface area (Å²) in [7, 11) is 0. The summed E-state index contributed by atoms with van der Waals surface area (Å²) in [5, 5.41) is 0. The summed E-state index contributed by atoms with van der Waals surface area (Å²) in [5.74, 6) is -1.12. The average molecular weight is 389 g/mol. The van der Waals surface area contributed by atoms with Crippen LogP contribution in [0.2, 0.25) is 0 Å². The molecular formula is C22H44O5. The van der Waals surface area contributed by atoms with Crippen molar-refractivity contribution in [3.05, 3.63) is 12.2 Å². The molecule has 0 aromatic carbocycles. The monoisotopic (exact) mass is 388 g/mol. The van der Waals surface area contributed by atoms with Crippen molar-refractivity contribution in [2.45, 2.75) is 105 Å². The first-order chi connectivity index (χ1) is 13.0. The summed E-state index contributed by atoms with van der Waals surface area (Å²) in [6.07, 6.45) is 7.89. The predicted molar refractivity (Wildman–Crippen MR) is 111 cm³/mol. The van der Waals surface area contributed by atoms with Gasteiger partial charge in [0, 0.05) is 19.8 Å². The maximum Gasteiger partial charge on any atom is 0.310 e. The van der Waals surface area contributed by atoms with Crippen LogP contribution in [0, 0.1) is 0 Å². The summed E-state index contributed by atoms with van der Waals surface area (Å²) in [5.41, 5.74) is 1.17. The fourth-order valence-electron chi connectivity index (χ4n) is 2.75. The van der Waals surface area contributed by atoms with E-state index in [0.29, 0.717) is 26.4 Å². The molecule has 1 heterocycles. The van der Waals surface area contributed by atoms with Crippen molar-refractivity contribution < 1.29 is 23.7 Å². The minimum absolute atomic E-state index is 0.138. The minimum Gasteiger partial charge on any atom is -0.345 e. The standard InChI is InChI=1S/C18H36O5.C4H8/c1-5-9-10-11-12-13-14-16(23-17-15-19-17)18(20-6-2,21-7-3)22-8-4;1-4(2)3/h16-17H,5-15H2,1-4H3;1H2,2-3H3. The van der Waals surface area contributed by atoms with Crippen LogP contribution in [0.1, 0.15) is 86.5 Å². The number of rotatable bonds is 16. The molecule has 0 aromatic rings. The zero-order valence-electron chi connectivity index (χ0n) is 18.7. The molecule has 0 aliphatic carbocycles. The molecule has 0 aromatic heterocycles. The highest BCUT2D eigenvalue weighted by Crippen LogP contribution is 2.30. The fourth-order valence-corrected chi connectivity index (χ4v) is 2.75. The number of hydrogen-bond acceptors (Lipinski definition) is 5. The second-order valence-corrected chi connectivity index (χ2v) is 7.05. The summed E-state index contributed by atoms with van der Waals surface area (Å²) in [4.78, 5) is 0. The molecule has 0 saturated carbocycles. The van der Waals surface area contributed by atoms with E-state index >= 15 is 0 Å². The van der Waals surface area contributed by atoms with Crippen LogP contribution in [0.4, 0.5) is 0 Å². The molecule has 0 radical (unpaired) electrons. The van der Waals surface area contributed by atoms with Gasteiger partial charge in [0.25, 0.3) is 0 Å². The third-order valence-electron chi connectivity index (χ3n) is 3.87. The summed E-state index contributed by atoms with van der Waals surface area (Å²) in [6, 6.07) is 0. The topological polar surface area (TPSA) is 49.5 Å². The first-order valence-electron chi connectivity index (χ1n) is 10.8.